The Balaban J connectivity index is 0.00000245. The number of halogens is 3. The summed E-state index contributed by atoms with van der Waals surface area (Å²) in [4.78, 5) is 17.5. The van der Waals surface area contributed by atoms with Crippen LogP contribution in [0.15, 0.2) is 72.1 Å². The number of amides is 1. The van der Waals surface area contributed by atoms with Crippen LogP contribution < -0.4 is 10.6 Å². The molecule has 2 N–H and O–H groups in total. The molecule has 0 saturated carbocycles. The summed E-state index contributed by atoms with van der Waals surface area (Å²) in [6.45, 7) is 0. The van der Waals surface area contributed by atoms with Gasteiger partial charge in [0, 0.05) is 15.7 Å². The van der Waals surface area contributed by atoms with Gasteiger partial charge in [-0.2, -0.15) is 4.98 Å². The van der Waals surface area contributed by atoms with Gasteiger partial charge in [0.15, 0.2) is 0 Å². The maximum atomic E-state index is 12.4. The van der Waals surface area contributed by atoms with E-state index in [2.05, 4.69) is 26.8 Å². The normalized spacial score (nSPS) is 14.6. The first kappa shape index (κ1) is 22.4. The van der Waals surface area contributed by atoms with Gasteiger partial charge in [0.2, 0.25) is 5.95 Å². The second kappa shape index (κ2) is 9.34. The van der Waals surface area contributed by atoms with Gasteiger partial charge in [0.25, 0.3) is 11.9 Å². The fourth-order valence-corrected chi connectivity index (χ4v) is 4.18. The lowest BCUT2D eigenvalue weighted by atomic mass is 10.0. The Hall–Kier alpha value is -2.84. The highest BCUT2D eigenvalue weighted by Crippen LogP contribution is 2.34. The first-order chi connectivity index (χ1) is 15.1. The molecule has 10 heteroatoms. The topological polar surface area (TPSA) is 71.8 Å². The zero-order valence-corrected chi connectivity index (χ0v) is 19.5. The highest BCUT2D eigenvalue weighted by Gasteiger charge is 2.26. The molecule has 2 aromatic heterocycles. The number of hydrogen-bond acceptors (Lipinski definition) is 5. The summed E-state index contributed by atoms with van der Waals surface area (Å²) >= 11 is 13.5. The lowest BCUT2D eigenvalue weighted by molar-refractivity contribution is 0.102. The van der Waals surface area contributed by atoms with Crippen molar-refractivity contribution >= 4 is 70.4 Å². The number of thiophene rings is 1. The lowest BCUT2D eigenvalue weighted by Gasteiger charge is -2.24. The van der Waals surface area contributed by atoms with E-state index >= 15 is 0 Å². The number of nitrogens with zero attached hydrogens (tertiary/aromatic N) is 3. The van der Waals surface area contributed by atoms with E-state index in [0.29, 0.717) is 20.9 Å². The molecular weight excluding hydrogens is 489 g/mol. The molecule has 3 heterocycles. The molecule has 4 aromatic rings. The van der Waals surface area contributed by atoms with Crippen molar-refractivity contribution in [2.45, 2.75) is 6.04 Å². The Morgan fingerprint density at radius 1 is 1.03 bits per heavy atom. The molecule has 5 rings (SSSR count). The van der Waals surface area contributed by atoms with Gasteiger partial charge >= 0.3 is 0 Å². The van der Waals surface area contributed by atoms with Crippen molar-refractivity contribution in [2.24, 2.45) is 0 Å². The summed E-state index contributed by atoms with van der Waals surface area (Å²) in [5.41, 5.74) is 2.81. The highest BCUT2D eigenvalue weighted by atomic mass is 35.5. The number of carbonyl (C=O) groups excluding carboxylic acids is 1. The molecule has 0 radical (unpaired) electrons. The van der Waals surface area contributed by atoms with E-state index in [9.17, 15) is 4.79 Å². The predicted molar refractivity (Wildman–Crippen MR) is 132 cm³/mol. The van der Waals surface area contributed by atoms with Crippen LogP contribution >= 0.6 is 46.9 Å². The smallest absolute Gasteiger partial charge is 0.268 e. The number of anilines is 2. The maximum Gasteiger partial charge on any atom is 0.268 e. The minimum absolute atomic E-state index is 0. The van der Waals surface area contributed by atoms with Crippen molar-refractivity contribution in [1.82, 2.24) is 14.8 Å². The van der Waals surface area contributed by atoms with Crippen molar-refractivity contribution in [3.63, 3.8) is 0 Å². The zero-order valence-electron chi connectivity index (χ0n) is 16.3. The van der Waals surface area contributed by atoms with Crippen LogP contribution in [0.5, 0.6) is 0 Å². The van der Waals surface area contributed by atoms with Crippen LogP contribution in [-0.4, -0.2) is 20.7 Å². The number of nitrogens with one attached hydrogen (secondary N) is 2. The Bertz CT molecular complexity index is 1270. The van der Waals surface area contributed by atoms with Gasteiger partial charge in [0.05, 0.1) is 4.88 Å². The second-order valence-corrected chi connectivity index (χ2v) is 8.66. The largest absolute Gasteiger partial charge is 0.324 e. The minimum atomic E-state index is -0.244. The average molecular weight is 505 g/mol. The van der Waals surface area contributed by atoms with E-state index in [1.807, 2.05) is 60.0 Å². The third-order valence-corrected chi connectivity index (χ3v) is 6.18. The fourth-order valence-electron chi connectivity index (χ4n) is 3.31. The molecule has 0 saturated heterocycles. The van der Waals surface area contributed by atoms with Crippen molar-refractivity contribution in [3.8, 4) is 0 Å². The standard InChI is InChI=1S/C22H15Cl2N5OS.ClH/c23-15-7-3-13(4-8-15)17-12-18(14-5-9-16(24)10-6-14)29-22(25-17)27-21(28-29)26-20(30)19-2-1-11-31-19;/h1-12,18H,(H2,25,26,27,28,30);1H. The molecule has 0 fully saturated rings. The van der Waals surface area contributed by atoms with Crippen LogP contribution in [0.3, 0.4) is 0 Å². The van der Waals surface area contributed by atoms with E-state index in [4.69, 9.17) is 23.2 Å². The van der Waals surface area contributed by atoms with E-state index in [0.717, 1.165) is 16.8 Å². The summed E-state index contributed by atoms with van der Waals surface area (Å²) in [6, 6.07) is 18.5. The molecule has 1 aliphatic rings. The molecule has 32 heavy (non-hydrogen) atoms. The molecule has 0 spiro atoms. The van der Waals surface area contributed by atoms with Crippen molar-refractivity contribution in [1.29, 1.82) is 0 Å². The first-order valence-electron chi connectivity index (χ1n) is 9.38. The number of fused-ring (bicyclic) bond motifs is 1. The lowest BCUT2D eigenvalue weighted by Crippen LogP contribution is -2.20. The number of allylic oxidation sites excluding steroid dienone is 1. The minimum Gasteiger partial charge on any atom is -0.324 e. The van der Waals surface area contributed by atoms with E-state index in [-0.39, 0.29) is 30.3 Å². The Morgan fingerprint density at radius 2 is 1.72 bits per heavy atom. The first-order valence-corrected chi connectivity index (χ1v) is 11.0. The maximum absolute atomic E-state index is 12.4. The zero-order chi connectivity index (χ0) is 21.4. The quantitative estimate of drug-likeness (QED) is 0.338. The van der Waals surface area contributed by atoms with Crippen LogP contribution in [0.25, 0.3) is 5.70 Å². The Morgan fingerprint density at radius 3 is 2.38 bits per heavy atom. The molecule has 1 unspecified atom stereocenters. The number of carbonyl (C=O) groups is 1. The molecule has 2 aromatic carbocycles. The molecule has 1 aliphatic heterocycles. The third kappa shape index (κ3) is 4.52. The molecule has 1 amide bonds. The van der Waals surface area contributed by atoms with Crippen LogP contribution in [0.2, 0.25) is 10.0 Å². The van der Waals surface area contributed by atoms with Gasteiger partial charge in [-0.1, -0.05) is 53.5 Å². The number of benzene rings is 2. The second-order valence-electron chi connectivity index (χ2n) is 6.84. The van der Waals surface area contributed by atoms with Gasteiger partial charge in [-0.15, -0.1) is 28.8 Å². The summed E-state index contributed by atoms with van der Waals surface area (Å²) in [5.74, 6) is 0.506. The third-order valence-electron chi connectivity index (χ3n) is 4.80. The monoisotopic (exact) mass is 503 g/mol. The summed E-state index contributed by atoms with van der Waals surface area (Å²) in [7, 11) is 0. The predicted octanol–water partition coefficient (Wildman–Crippen LogP) is 6.38. The average Bonchev–Trinajstić information content (AvgIpc) is 3.44. The van der Waals surface area contributed by atoms with E-state index in [1.54, 1.807) is 10.7 Å². The fraction of sp³-hybridized carbons (Fsp3) is 0.0455. The van der Waals surface area contributed by atoms with Gasteiger partial charge in [-0.3, -0.25) is 10.1 Å². The molecule has 6 nitrogen and oxygen atoms in total. The van der Waals surface area contributed by atoms with Gasteiger partial charge in [0.1, 0.15) is 6.04 Å². The SMILES string of the molecule is Cl.O=C(Nc1nc2n(n1)C(c1ccc(Cl)cc1)C=C(c1ccc(Cl)cc1)N2)c1cccs1. The van der Waals surface area contributed by atoms with Crippen LogP contribution in [0.1, 0.15) is 26.8 Å². The summed E-state index contributed by atoms with van der Waals surface area (Å²) in [5, 5.41) is 13.8. The highest BCUT2D eigenvalue weighted by molar-refractivity contribution is 7.12. The summed E-state index contributed by atoms with van der Waals surface area (Å²) in [6.07, 6.45) is 2.05. The van der Waals surface area contributed by atoms with E-state index < -0.39 is 0 Å². The Labute approximate surface area is 204 Å². The molecule has 162 valence electrons. The Kier molecular flexibility index (Phi) is 6.53. The van der Waals surface area contributed by atoms with Crippen LogP contribution in [0, 0.1) is 0 Å². The number of aromatic nitrogens is 3. The number of hydrogen-bond donors (Lipinski definition) is 2. The van der Waals surface area contributed by atoms with Crippen molar-refractivity contribution in [2.75, 3.05) is 10.6 Å². The van der Waals surface area contributed by atoms with Gasteiger partial charge in [-0.25, -0.2) is 4.68 Å². The molecule has 0 aliphatic carbocycles. The van der Waals surface area contributed by atoms with Crippen molar-refractivity contribution < 1.29 is 4.79 Å². The van der Waals surface area contributed by atoms with E-state index in [1.165, 1.54) is 11.3 Å². The van der Waals surface area contributed by atoms with Crippen LogP contribution in [-0.2, 0) is 0 Å². The van der Waals surface area contributed by atoms with Gasteiger partial charge < -0.3 is 5.32 Å². The van der Waals surface area contributed by atoms with Crippen LogP contribution in [0.4, 0.5) is 11.9 Å². The molecule has 0 bridgehead atoms. The van der Waals surface area contributed by atoms with Gasteiger partial charge in [-0.05, 0) is 52.9 Å². The van der Waals surface area contributed by atoms with Crippen molar-refractivity contribution in [3.05, 3.63) is 98.2 Å². The summed E-state index contributed by atoms with van der Waals surface area (Å²) < 4.78 is 1.74. The molecular formula is C22H16Cl3N5OS. The number of rotatable bonds is 4. The molecule has 1 atom stereocenters.